The summed E-state index contributed by atoms with van der Waals surface area (Å²) in [5.74, 6) is 1.53. The predicted molar refractivity (Wildman–Crippen MR) is 102 cm³/mol. The van der Waals surface area contributed by atoms with Crippen LogP contribution in [0.25, 0.3) is 0 Å². The maximum atomic E-state index is 12.5. The molecule has 3 heterocycles. The molecule has 0 radical (unpaired) electrons. The lowest BCUT2D eigenvalue weighted by Crippen LogP contribution is -2.53. The van der Waals surface area contributed by atoms with Gasteiger partial charge in [0.05, 0.1) is 6.61 Å². The molecule has 7 heteroatoms. The molecule has 1 atom stereocenters. The van der Waals surface area contributed by atoms with Gasteiger partial charge in [-0.25, -0.2) is 9.78 Å². The zero-order valence-corrected chi connectivity index (χ0v) is 15.8. The molecule has 1 aromatic heterocycles. The highest BCUT2D eigenvalue weighted by atomic mass is 16.5. The van der Waals surface area contributed by atoms with E-state index in [0.717, 1.165) is 64.8 Å². The van der Waals surface area contributed by atoms with Crippen LogP contribution in [0.3, 0.4) is 0 Å². The molecule has 2 fully saturated rings. The molecule has 1 aromatic rings. The van der Waals surface area contributed by atoms with Crippen molar-refractivity contribution >= 4 is 11.8 Å². The molecule has 7 nitrogen and oxygen atoms in total. The van der Waals surface area contributed by atoms with Crippen molar-refractivity contribution in [1.82, 2.24) is 20.1 Å². The fourth-order valence-corrected chi connectivity index (χ4v) is 3.76. The summed E-state index contributed by atoms with van der Waals surface area (Å²) in [6.45, 7) is 7.87. The molecule has 0 aliphatic carbocycles. The van der Waals surface area contributed by atoms with Crippen molar-refractivity contribution in [3.8, 4) is 0 Å². The monoisotopic (exact) mass is 361 g/mol. The molecule has 0 bridgehead atoms. The van der Waals surface area contributed by atoms with Gasteiger partial charge in [0.25, 0.3) is 0 Å². The van der Waals surface area contributed by atoms with E-state index in [2.05, 4.69) is 20.1 Å². The van der Waals surface area contributed by atoms with E-state index in [-0.39, 0.29) is 6.03 Å². The van der Waals surface area contributed by atoms with E-state index in [1.807, 2.05) is 29.3 Å². The van der Waals surface area contributed by atoms with Gasteiger partial charge < -0.3 is 24.8 Å². The lowest BCUT2D eigenvalue weighted by atomic mass is 9.98. The average molecular weight is 361 g/mol. The number of carbonyl (C=O) groups excluding carboxylic acids is 1. The van der Waals surface area contributed by atoms with E-state index in [4.69, 9.17) is 4.74 Å². The van der Waals surface area contributed by atoms with Crippen molar-refractivity contribution in [2.24, 2.45) is 5.92 Å². The van der Waals surface area contributed by atoms with Gasteiger partial charge in [-0.1, -0.05) is 6.07 Å². The van der Waals surface area contributed by atoms with Crippen LogP contribution in [0.2, 0.25) is 0 Å². The number of rotatable bonds is 6. The van der Waals surface area contributed by atoms with Crippen LogP contribution in [-0.4, -0.2) is 86.9 Å². The molecule has 1 N–H and O–H groups in total. The van der Waals surface area contributed by atoms with Gasteiger partial charge in [0.2, 0.25) is 0 Å². The number of ether oxygens (including phenoxy) is 1. The summed E-state index contributed by atoms with van der Waals surface area (Å²) in [5.41, 5.74) is 0. The number of pyridine rings is 1. The van der Waals surface area contributed by atoms with Crippen LogP contribution in [0.5, 0.6) is 0 Å². The molecule has 0 spiro atoms. The molecule has 2 aliphatic rings. The molecule has 0 aromatic carbocycles. The predicted octanol–water partition coefficient (Wildman–Crippen LogP) is 1.27. The van der Waals surface area contributed by atoms with Gasteiger partial charge in [0.1, 0.15) is 5.82 Å². The molecule has 0 saturated carbocycles. The number of methoxy groups -OCH3 is 1. The number of nitrogens with zero attached hydrogens (tertiary/aromatic N) is 4. The van der Waals surface area contributed by atoms with Crippen molar-refractivity contribution in [3.63, 3.8) is 0 Å². The molecule has 2 saturated heterocycles. The first-order chi connectivity index (χ1) is 12.8. The van der Waals surface area contributed by atoms with Gasteiger partial charge in [-0.05, 0) is 37.4 Å². The normalized spacial score (nSPS) is 21.7. The summed E-state index contributed by atoms with van der Waals surface area (Å²) in [4.78, 5) is 23.5. The molecule has 2 aliphatic heterocycles. The highest BCUT2D eigenvalue weighted by Crippen LogP contribution is 2.16. The van der Waals surface area contributed by atoms with Gasteiger partial charge >= 0.3 is 6.03 Å². The van der Waals surface area contributed by atoms with E-state index in [1.165, 1.54) is 12.8 Å². The number of carbonyl (C=O) groups is 1. The minimum Gasteiger partial charge on any atom is -0.383 e. The second-order valence-electron chi connectivity index (χ2n) is 7.15. The van der Waals surface area contributed by atoms with Crippen LogP contribution in [0.1, 0.15) is 12.8 Å². The van der Waals surface area contributed by atoms with Crippen LogP contribution in [0, 0.1) is 5.92 Å². The van der Waals surface area contributed by atoms with E-state index >= 15 is 0 Å². The molecule has 26 heavy (non-hydrogen) atoms. The van der Waals surface area contributed by atoms with Crippen molar-refractivity contribution in [2.45, 2.75) is 12.8 Å². The van der Waals surface area contributed by atoms with Crippen LogP contribution in [-0.2, 0) is 4.74 Å². The Kier molecular flexibility index (Phi) is 7.08. The number of hydrogen-bond acceptors (Lipinski definition) is 5. The summed E-state index contributed by atoms with van der Waals surface area (Å²) in [6, 6.07) is 6.02. The smallest absolute Gasteiger partial charge is 0.317 e. The lowest BCUT2D eigenvalue weighted by Gasteiger charge is -2.36. The third-order valence-corrected chi connectivity index (χ3v) is 5.30. The van der Waals surface area contributed by atoms with Gasteiger partial charge in [-0.15, -0.1) is 0 Å². The Morgan fingerprint density at radius 2 is 2.12 bits per heavy atom. The summed E-state index contributed by atoms with van der Waals surface area (Å²) < 4.78 is 5.17. The van der Waals surface area contributed by atoms with Gasteiger partial charge in [0, 0.05) is 59.1 Å². The minimum atomic E-state index is 0.0692. The van der Waals surface area contributed by atoms with Crippen molar-refractivity contribution in [1.29, 1.82) is 0 Å². The highest BCUT2D eigenvalue weighted by molar-refractivity contribution is 5.74. The van der Waals surface area contributed by atoms with Gasteiger partial charge in [0.15, 0.2) is 0 Å². The van der Waals surface area contributed by atoms with Crippen LogP contribution in [0.4, 0.5) is 10.6 Å². The number of amides is 2. The van der Waals surface area contributed by atoms with Crippen molar-refractivity contribution < 1.29 is 9.53 Å². The third-order valence-electron chi connectivity index (χ3n) is 5.30. The summed E-state index contributed by atoms with van der Waals surface area (Å²) in [6.07, 6.45) is 4.21. The second-order valence-corrected chi connectivity index (χ2v) is 7.15. The van der Waals surface area contributed by atoms with E-state index < -0.39 is 0 Å². The van der Waals surface area contributed by atoms with Crippen molar-refractivity contribution in [3.05, 3.63) is 24.4 Å². The van der Waals surface area contributed by atoms with E-state index in [1.54, 1.807) is 7.11 Å². The fourth-order valence-electron chi connectivity index (χ4n) is 3.76. The number of piperazine rings is 1. The van der Waals surface area contributed by atoms with Gasteiger partial charge in [-0.3, -0.25) is 0 Å². The summed E-state index contributed by atoms with van der Waals surface area (Å²) in [5, 5.41) is 3.15. The number of urea groups is 1. The second kappa shape index (κ2) is 9.73. The standard InChI is InChI=1S/C19H31N5O2/c1-26-14-13-22-8-4-5-17(16-22)15-21-19(25)24-11-9-23(10-12-24)18-6-2-3-7-20-18/h2-3,6-7,17H,4-5,8-16H2,1H3,(H,21,25). The van der Waals surface area contributed by atoms with Crippen LogP contribution in [0.15, 0.2) is 24.4 Å². The zero-order valence-electron chi connectivity index (χ0n) is 15.8. The van der Waals surface area contributed by atoms with Crippen LogP contribution < -0.4 is 10.2 Å². The van der Waals surface area contributed by atoms with Crippen LogP contribution >= 0.6 is 0 Å². The highest BCUT2D eigenvalue weighted by Gasteiger charge is 2.24. The first-order valence-corrected chi connectivity index (χ1v) is 9.66. The molecular weight excluding hydrogens is 330 g/mol. The summed E-state index contributed by atoms with van der Waals surface area (Å²) in [7, 11) is 1.75. The zero-order chi connectivity index (χ0) is 18.2. The average Bonchev–Trinajstić information content (AvgIpc) is 2.71. The Labute approximate surface area is 156 Å². The Hall–Kier alpha value is -1.86. The molecule has 144 valence electrons. The maximum absolute atomic E-state index is 12.5. The SMILES string of the molecule is COCCN1CCCC(CNC(=O)N2CCN(c3ccccn3)CC2)C1. The van der Waals surface area contributed by atoms with E-state index in [0.29, 0.717) is 5.92 Å². The topological polar surface area (TPSA) is 60.9 Å². The quantitative estimate of drug-likeness (QED) is 0.827. The third kappa shape index (κ3) is 5.32. The number of nitrogens with one attached hydrogen (secondary N) is 1. The van der Waals surface area contributed by atoms with Gasteiger partial charge in [-0.2, -0.15) is 0 Å². The first kappa shape index (κ1) is 18.9. The first-order valence-electron chi connectivity index (χ1n) is 9.66. The minimum absolute atomic E-state index is 0.0692. The van der Waals surface area contributed by atoms with E-state index in [9.17, 15) is 4.79 Å². The summed E-state index contributed by atoms with van der Waals surface area (Å²) >= 11 is 0. The fraction of sp³-hybridized carbons (Fsp3) is 0.684. The number of likely N-dealkylation sites (tertiary alicyclic amines) is 1. The number of hydrogen-bond donors (Lipinski definition) is 1. The number of piperidine rings is 1. The molecule has 2 amide bonds. The lowest BCUT2D eigenvalue weighted by molar-refractivity contribution is 0.113. The number of anilines is 1. The Morgan fingerprint density at radius 1 is 1.27 bits per heavy atom. The number of aromatic nitrogens is 1. The Bertz CT molecular complexity index is 548. The molecule has 1 unspecified atom stereocenters. The molecule has 3 rings (SSSR count). The largest absolute Gasteiger partial charge is 0.383 e. The molecular formula is C19H31N5O2. The Morgan fingerprint density at radius 3 is 2.85 bits per heavy atom. The maximum Gasteiger partial charge on any atom is 0.317 e. The van der Waals surface area contributed by atoms with Crippen molar-refractivity contribution in [2.75, 3.05) is 71.0 Å². The Balaban J connectivity index is 1.38.